The van der Waals surface area contributed by atoms with Crippen molar-refractivity contribution in [3.63, 3.8) is 0 Å². The molecule has 2 saturated heterocycles. The Morgan fingerprint density at radius 2 is 1.37 bits per heavy atom. The van der Waals surface area contributed by atoms with Crippen LogP contribution in [-0.2, 0) is 0 Å². The topological polar surface area (TPSA) is 76.7 Å². The molecule has 0 unspecified atom stereocenters. The first-order valence-electron chi connectivity index (χ1n) is 16.2. The van der Waals surface area contributed by atoms with Gasteiger partial charge in [-0.1, -0.05) is 79.9 Å². The van der Waals surface area contributed by atoms with Gasteiger partial charge in [0.25, 0.3) is 5.91 Å². The van der Waals surface area contributed by atoms with Crippen LogP contribution in [0.3, 0.4) is 0 Å². The normalized spacial score (nSPS) is 18.4. The quantitative estimate of drug-likeness (QED) is 0.310. The van der Waals surface area contributed by atoms with Gasteiger partial charge in [-0.25, -0.2) is 4.79 Å². The van der Waals surface area contributed by atoms with E-state index >= 15 is 0 Å². The smallest absolute Gasteiger partial charge is 0.319 e. The molecular formula is C36H45N5O2. The van der Waals surface area contributed by atoms with E-state index in [0.717, 1.165) is 63.2 Å². The highest BCUT2D eigenvalue weighted by Crippen LogP contribution is 2.40. The highest BCUT2D eigenvalue weighted by atomic mass is 16.2. The molecule has 3 fully saturated rings. The Balaban J connectivity index is 1.22. The number of hydrogen-bond acceptors (Lipinski definition) is 4. The minimum absolute atomic E-state index is 0.0593. The van der Waals surface area contributed by atoms with Crippen molar-refractivity contribution in [3.8, 4) is 0 Å². The van der Waals surface area contributed by atoms with Crippen molar-refractivity contribution in [2.75, 3.05) is 49.5 Å². The molecule has 226 valence electrons. The van der Waals surface area contributed by atoms with Gasteiger partial charge in [0.05, 0.1) is 11.4 Å². The number of nitrogens with zero attached hydrogens (tertiary/aromatic N) is 2. The molecule has 0 aromatic heterocycles. The number of amides is 3. The maximum absolute atomic E-state index is 13.5. The third-order valence-electron chi connectivity index (χ3n) is 9.51. The third kappa shape index (κ3) is 7.21. The Morgan fingerprint density at radius 3 is 2.00 bits per heavy atom. The molecule has 3 aromatic carbocycles. The van der Waals surface area contributed by atoms with Crippen LogP contribution in [0, 0.1) is 5.92 Å². The molecule has 43 heavy (non-hydrogen) atoms. The summed E-state index contributed by atoms with van der Waals surface area (Å²) in [4.78, 5) is 30.9. The average Bonchev–Trinajstić information content (AvgIpc) is 3.07. The van der Waals surface area contributed by atoms with Crippen LogP contribution in [0.2, 0.25) is 0 Å². The Bertz CT molecular complexity index is 1310. The van der Waals surface area contributed by atoms with Crippen LogP contribution < -0.4 is 20.9 Å². The highest BCUT2D eigenvalue weighted by molar-refractivity contribution is 5.99. The Kier molecular flexibility index (Phi) is 9.58. The molecule has 0 bridgehead atoms. The van der Waals surface area contributed by atoms with Gasteiger partial charge in [-0.2, -0.15) is 0 Å². The SMILES string of the molecule is O=C(Nc1ccc(C(=O)N2CCNCC2)cc1N1CCC(C(c2ccccc2)c2ccccc2)CC1)NC1CCCCC1. The lowest BCUT2D eigenvalue weighted by Gasteiger charge is -2.38. The molecular weight excluding hydrogens is 534 g/mol. The Labute approximate surface area is 256 Å². The van der Waals surface area contributed by atoms with Crippen molar-refractivity contribution in [2.24, 2.45) is 5.92 Å². The third-order valence-corrected chi connectivity index (χ3v) is 9.51. The monoisotopic (exact) mass is 579 g/mol. The van der Waals surface area contributed by atoms with Crippen molar-refractivity contribution in [1.82, 2.24) is 15.5 Å². The van der Waals surface area contributed by atoms with E-state index in [1.165, 1.54) is 30.4 Å². The summed E-state index contributed by atoms with van der Waals surface area (Å²) in [6.07, 6.45) is 7.71. The lowest BCUT2D eigenvalue weighted by Crippen LogP contribution is -2.46. The van der Waals surface area contributed by atoms with E-state index in [-0.39, 0.29) is 18.0 Å². The predicted molar refractivity (Wildman–Crippen MR) is 174 cm³/mol. The second kappa shape index (κ2) is 14.1. The second-order valence-corrected chi connectivity index (χ2v) is 12.3. The van der Waals surface area contributed by atoms with Gasteiger partial charge in [-0.15, -0.1) is 0 Å². The summed E-state index contributed by atoms with van der Waals surface area (Å²) in [5, 5.41) is 9.68. The van der Waals surface area contributed by atoms with E-state index < -0.39 is 0 Å². The minimum atomic E-state index is -0.155. The number of benzene rings is 3. The number of urea groups is 1. The second-order valence-electron chi connectivity index (χ2n) is 12.3. The largest absolute Gasteiger partial charge is 0.370 e. The van der Waals surface area contributed by atoms with Crippen molar-refractivity contribution < 1.29 is 9.59 Å². The average molecular weight is 580 g/mol. The maximum atomic E-state index is 13.5. The van der Waals surface area contributed by atoms with E-state index in [0.29, 0.717) is 30.5 Å². The van der Waals surface area contributed by atoms with Gasteiger partial charge in [0, 0.05) is 56.8 Å². The molecule has 1 saturated carbocycles. The number of hydrogen-bond donors (Lipinski definition) is 3. The van der Waals surface area contributed by atoms with Crippen molar-refractivity contribution >= 4 is 23.3 Å². The summed E-state index contributed by atoms with van der Waals surface area (Å²) in [5.41, 5.74) is 5.11. The highest BCUT2D eigenvalue weighted by Gasteiger charge is 2.30. The van der Waals surface area contributed by atoms with Gasteiger partial charge in [0.15, 0.2) is 0 Å². The van der Waals surface area contributed by atoms with Gasteiger partial charge in [-0.3, -0.25) is 4.79 Å². The Morgan fingerprint density at radius 1 is 0.744 bits per heavy atom. The lowest BCUT2D eigenvalue weighted by molar-refractivity contribution is 0.0736. The molecule has 2 aliphatic heterocycles. The number of carbonyl (C=O) groups excluding carboxylic acids is 2. The van der Waals surface area contributed by atoms with Gasteiger partial charge in [-0.05, 0) is 60.9 Å². The summed E-state index contributed by atoms with van der Waals surface area (Å²) in [6.45, 7) is 4.79. The van der Waals surface area contributed by atoms with E-state index in [9.17, 15) is 9.59 Å². The number of piperazine rings is 1. The molecule has 0 radical (unpaired) electrons. The van der Waals surface area contributed by atoms with Crippen LogP contribution in [0.5, 0.6) is 0 Å². The molecule has 6 rings (SSSR count). The zero-order valence-electron chi connectivity index (χ0n) is 25.1. The number of nitrogens with one attached hydrogen (secondary N) is 3. The fourth-order valence-corrected chi connectivity index (χ4v) is 7.20. The van der Waals surface area contributed by atoms with E-state index in [1.54, 1.807) is 0 Å². The molecule has 3 N–H and O–H groups in total. The van der Waals surface area contributed by atoms with Gasteiger partial charge in [0.2, 0.25) is 0 Å². The summed E-state index contributed by atoms with van der Waals surface area (Å²) in [6, 6.07) is 27.6. The molecule has 3 amide bonds. The van der Waals surface area contributed by atoms with Crippen LogP contribution in [-0.4, -0.2) is 62.1 Å². The van der Waals surface area contributed by atoms with Crippen LogP contribution in [0.4, 0.5) is 16.2 Å². The fourth-order valence-electron chi connectivity index (χ4n) is 7.20. The van der Waals surface area contributed by atoms with Crippen LogP contribution >= 0.6 is 0 Å². The molecule has 3 aromatic rings. The summed E-state index contributed by atoms with van der Waals surface area (Å²) >= 11 is 0. The van der Waals surface area contributed by atoms with E-state index in [1.807, 2.05) is 23.1 Å². The fraction of sp³-hybridized carbons (Fsp3) is 0.444. The molecule has 7 nitrogen and oxygen atoms in total. The zero-order chi connectivity index (χ0) is 29.4. The van der Waals surface area contributed by atoms with Crippen LogP contribution in [0.1, 0.15) is 72.3 Å². The molecule has 0 spiro atoms. The molecule has 0 atom stereocenters. The molecule has 3 aliphatic rings. The summed E-state index contributed by atoms with van der Waals surface area (Å²) in [5.74, 6) is 0.894. The van der Waals surface area contributed by atoms with Crippen molar-refractivity contribution in [3.05, 3.63) is 95.6 Å². The summed E-state index contributed by atoms with van der Waals surface area (Å²) < 4.78 is 0. The standard InChI is InChI=1S/C36H45N5O2/c42-35(41-24-20-37-21-25-41)30-16-17-32(39-36(43)38-31-14-8-3-9-15-31)33(26-30)40-22-18-29(19-23-40)34(27-10-4-1-5-11-27)28-12-6-2-7-13-28/h1-2,4-7,10-13,16-17,26,29,31,34,37H,3,8-9,14-15,18-25H2,(H2,38,39,43). The van der Waals surface area contributed by atoms with Gasteiger partial charge in [0.1, 0.15) is 0 Å². The van der Waals surface area contributed by atoms with Crippen LogP contribution in [0.25, 0.3) is 0 Å². The first-order valence-corrected chi connectivity index (χ1v) is 16.2. The van der Waals surface area contributed by atoms with E-state index in [4.69, 9.17) is 0 Å². The number of anilines is 2. The zero-order valence-corrected chi connectivity index (χ0v) is 25.1. The first-order chi connectivity index (χ1) is 21.2. The number of rotatable bonds is 7. The van der Waals surface area contributed by atoms with E-state index in [2.05, 4.69) is 81.5 Å². The number of carbonyl (C=O) groups is 2. The Hall–Kier alpha value is -3.84. The first kappa shape index (κ1) is 29.2. The summed E-state index contributed by atoms with van der Waals surface area (Å²) in [7, 11) is 0. The lowest BCUT2D eigenvalue weighted by atomic mass is 9.76. The predicted octanol–water partition coefficient (Wildman–Crippen LogP) is 6.23. The van der Waals surface area contributed by atoms with Crippen molar-refractivity contribution in [2.45, 2.75) is 56.9 Å². The molecule has 2 heterocycles. The van der Waals surface area contributed by atoms with Crippen LogP contribution in [0.15, 0.2) is 78.9 Å². The van der Waals surface area contributed by atoms with Gasteiger partial charge >= 0.3 is 6.03 Å². The van der Waals surface area contributed by atoms with Crippen molar-refractivity contribution in [1.29, 1.82) is 0 Å². The molecule has 1 aliphatic carbocycles. The minimum Gasteiger partial charge on any atom is -0.370 e. The maximum Gasteiger partial charge on any atom is 0.319 e. The molecule has 7 heteroatoms. The van der Waals surface area contributed by atoms with Gasteiger partial charge < -0.3 is 25.8 Å². The number of piperidine rings is 1.